The zero-order valence-corrected chi connectivity index (χ0v) is 46.0. The molecule has 13 rings (SSSR count). The van der Waals surface area contributed by atoms with Crippen LogP contribution in [-0.2, 0) is 20.0 Å². The lowest BCUT2D eigenvalue weighted by Gasteiger charge is -2.46. The first-order chi connectivity index (χ1) is 34.5. The summed E-state index contributed by atoms with van der Waals surface area (Å²) in [7, 11) is -11.5. The molecule has 0 fully saturated rings. The first kappa shape index (κ1) is 45.3. The zero-order valence-electron chi connectivity index (χ0n) is 42.2. The van der Waals surface area contributed by atoms with Crippen molar-refractivity contribution in [3.05, 3.63) is 229 Å². The summed E-state index contributed by atoms with van der Waals surface area (Å²) < 4.78 is 32.9. The standard InChI is InChI=1S/C64H58N2O2P2Si2/c1-63(2)47-27-15-19-31-55(47)69(67,45-23-11-9-12-24-45)57-39-43(35-37-49(57)63)65-51-29-17-21-33-59(51)71(5,6)61-42-54-62(41-53(61)65)72(7,8)60-34-22-18-30-52(60)66(54)44-36-38-50-58(40-44)70(68,46-25-13-10-14-26-46)56-32-20-16-28-48(56)64(50,3)4/h9-42H,1-8H3. The third-order valence-corrected chi connectivity index (χ3v) is 30.5. The van der Waals surface area contributed by atoms with Crippen molar-refractivity contribution in [1.82, 2.24) is 0 Å². The summed E-state index contributed by atoms with van der Waals surface area (Å²) in [5.74, 6) is 0. The van der Waals surface area contributed by atoms with Gasteiger partial charge < -0.3 is 18.9 Å². The van der Waals surface area contributed by atoms with Gasteiger partial charge >= 0.3 is 0 Å². The summed E-state index contributed by atoms with van der Waals surface area (Å²) in [6.45, 7) is 19.1. The SMILES string of the molecule is CC1(C)c2ccccc2P(=O)(c2ccccc2)c2cc(N3c4ccccc4[Si](C)(C)c4cc5c(cc43)[Si](C)(C)c3ccccc3N5c3ccc4c(c3)P(=O)(c3ccccc3)c3ccccc3C4(C)C)ccc21. The highest BCUT2D eigenvalue weighted by atomic mass is 31.2. The predicted molar refractivity (Wildman–Crippen MR) is 312 cm³/mol. The average molecular weight is 1010 g/mol. The molecule has 2 unspecified atom stereocenters. The van der Waals surface area contributed by atoms with E-state index in [1.54, 1.807) is 0 Å². The van der Waals surface area contributed by atoms with E-state index < -0.39 is 30.4 Å². The van der Waals surface area contributed by atoms with E-state index in [4.69, 9.17) is 0 Å². The van der Waals surface area contributed by atoms with E-state index >= 15 is 9.13 Å². The van der Waals surface area contributed by atoms with Crippen LogP contribution in [0, 0.1) is 0 Å². The Morgan fingerprint density at radius 2 is 0.667 bits per heavy atom. The Morgan fingerprint density at radius 1 is 0.333 bits per heavy atom. The second kappa shape index (κ2) is 15.5. The van der Waals surface area contributed by atoms with E-state index in [0.29, 0.717) is 0 Å². The number of benzene rings is 9. The molecular weight excluding hydrogens is 947 g/mol. The van der Waals surface area contributed by atoms with Crippen LogP contribution in [0.15, 0.2) is 206 Å². The van der Waals surface area contributed by atoms with E-state index in [1.807, 2.05) is 48.5 Å². The quantitative estimate of drug-likeness (QED) is 0.130. The molecular formula is C64H58N2O2P2Si2. The molecule has 9 aromatic carbocycles. The lowest BCUT2D eigenvalue weighted by atomic mass is 9.77. The fourth-order valence-corrected chi connectivity index (χ4v) is 26.0. The van der Waals surface area contributed by atoms with Crippen molar-refractivity contribution < 1.29 is 9.13 Å². The zero-order chi connectivity index (χ0) is 49.7. The Morgan fingerprint density at radius 3 is 1.07 bits per heavy atom. The fourth-order valence-electron chi connectivity index (χ4n) is 13.3. The maximum absolute atomic E-state index is 16.4. The van der Waals surface area contributed by atoms with Gasteiger partial charge in [0.25, 0.3) is 0 Å². The van der Waals surface area contributed by atoms with Gasteiger partial charge in [-0.25, -0.2) is 0 Å². The summed E-state index contributed by atoms with van der Waals surface area (Å²) in [6, 6.07) is 73.9. The maximum Gasteiger partial charge on any atom is 0.171 e. The van der Waals surface area contributed by atoms with Gasteiger partial charge in [0, 0.05) is 76.8 Å². The number of hydrogen-bond donors (Lipinski definition) is 0. The van der Waals surface area contributed by atoms with Crippen LogP contribution in [0.3, 0.4) is 0 Å². The second-order valence-electron chi connectivity index (χ2n) is 22.4. The summed E-state index contributed by atoms with van der Waals surface area (Å²) in [5.41, 5.74) is 10.5. The molecule has 4 aliphatic rings. The highest BCUT2D eigenvalue weighted by Crippen LogP contribution is 2.56. The van der Waals surface area contributed by atoms with Gasteiger partial charge in [-0.15, -0.1) is 0 Å². The average Bonchev–Trinajstić information content (AvgIpc) is 3.40. The van der Waals surface area contributed by atoms with Gasteiger partial charge in [-0.1, -0.05) is 212 Å². The van der Waals surface area contributed by atoms with Crippen molar-refractivity contribution >= 4 is 117 Å². The van der Waals surface area contributed by atoms with Gasteiger partial charge in [-0.3, -0.25) is 0 Å². The maximum atomic E-state index is 16.4. The topological polar surface area (TPSA) is 40.6 Å². The lowest BCUT2D eigenvalue weighted by Crippen LogP contribution is -2.62. The lowest BCUT2D eigenvalue weighted by molar-refractivity contribution is 0.585. The number of para-hydroxylation sites is 2. The minimum absolute atomic E-state index is 0.365. The summed E-state index contributed by atoms with van der Waals surface area (Å²) >= 11 is 0. The Bertz CT molecular complexity index is 3610. The Kier molecular flexibility index (Phi) is 9.76. The Labute approximate surface area is 426 Å². The van der Waals surface area contributed by atoms with Crippen LogP contribution in [0.1, 0.15) is 49.9 Å². The first-order valence-electron chi connectivity index (χ1n) is 25.3. The smallest absolute Gasteiger partial charge is 0.171 e. The van der Waals surface area contributed by atoms with E-state index in [2.05, 4.69) is 221 Å². The van der Waals surface area contributed by atoms with E-state index in [1.165, 1.54) is 43.5 Å². The minimum Gasteiger partial charge on any atom is -0.311 e. The van der Waals surface area contributed by atoms with Gasteiger partial charge in [-0.05, 0) is 91.5 Å². The molecule has 0 radical (unpaired) electrons. The van der Waals surface area contributed by atoms with Gasteiger partial charge in [-0.2, -0.15) is 0 Å². The van der Waals surface area contributed by atoms with Gasteiger partial charge in [0.05, 0.1) is 0 Å². The minimum atomic E-state index is -3.32. The van der Waals surface area contributed by atoms with Crippen LogP contribution < -0.4 is 62.4 Å². The van der Waals surface area contributed by atoms with Crippen molar-refractivity contribution in [2.75, 3.05) is 9.80 Å². The number of fused-ring (bicyclic) bond motifs is 8. The van der Waals surface area contributed by atoms with Gasteiger partial charge in [0.2, 0.25) is 0 Å². The molecule has 354 valence electrons. The highest BCUT2D eigenvalue weighted by Gasteiger charge is 2.49. The molecule has 2 atom stereocenters. The summed E-state index contributed by atoms with van der Waals surface area (Å²) in [6.07, 6.45) is 0. The van der Waals surface area contributed by atoms with Crippen LogP contribution >= 0.6 is 14.3 Å². The van der Waals surface area contributed by atoms with E-state index in [9.17, 15) is 0 Å². The highest BCUT2D eigenvalue weighted by molar-refractivity contribution is 7.86. The van der Waals surface area contributed by atoms with Crippen LogP contribution in [0.4, 0.5) is 34.1 Å². The molecule has 4 heterocycles. The van der Waals surface area contributed by atoms with Gasteiger partial charge in [0.15, 0.2) is 14.3 Å². The van der Waals surface area contributed by atoms with Crippen molar-refractivity contribution in [1.29, 1.82) is 0 Å². The molecule has 0 N–H and O–H groups in total. The molecule has 0 aliphatic carbocycles. The monoisotopic (exact) mass is 1000 g/mol. The molecule has 72 heavy (non-hydrogen) atoms. The Balaban J connectivity index is 1.06. The predicted octanol–water partition coefficient (Wildman–Crippen LogP) is 11.5. The number of anilines is 6. The normalized spacial score (nSPS) is 20.8. The van der Waals surface area contributed by atoms with E-state index in [-0.39, 0.29) is 10.8 Å². The molecule has 0 saturated carbocycles. The molecule has 4 nitrogen and oxygen atoms in total. The molecule has 9 aromatic rings. The summed E-state index contributed by atoms with van der Waals surface area (Å²) in [4.78, 5) is 4.99. The second-order valence-corrected chi connectivity index (χ2v) is 36.5. The number of nitrogens with zero attached hydrogens (tertiary/aromatic N) is 2. The van der Waals surface area contributed by atoms with Crippen LogP contribution in [0.5, 0.6) is 0 Å². The fraction of sp³-hybridized carbons (Fsp3) is 0.156. The van der Waals surface area contributed by atoms with Crippen molar-refractivity contribution in [3.8, 4) is 0 Å². The van der Waals surface area contributed by atoms with Gasteiger partial charge in [0.1, 0.15) is 16.1 Å². The Hall–Kier alpha value is -6.53. The molecule has 8 heteroatoms. The van der Waals surface area contributed by atoms with E-state index in [0.717, 1.165) is 65.5 Å². The molecule has 0 bridgehead atoms. The van der Waals surface area contributed by atoms with Crippen LogP contribution in [-0.4, -0.2) is 16.1 Å². The molecule has 0 spiro atoms. The van der Waals surface area contributed by atoms with Crippen LogP contribution in [0.25, 0.3) is 0 Å². The molecule has 0 aromatic heterocycles. The number of rotatable bonds is 4. The van der Waals surface area contributed by atoms with Crippen molar-refractivity contribution in [2.24, 2.45) is 0 Å². The molecule has 0 amide bonds. The summed E-state index contributed by atoms with van der Waals surface area (Å²) in [5, 5.41) is 10.8. The first-order valence-corrected chi connectivity index (χ1v) is 34.7. The molecule has 0 saturated heterocycles. The van der Waals surface area contributed by atoms with Crippen LogP contribution in [0.2, 0.25) is 26.2 Å². The molecule has 4 aliphatic heterocycles. The third-order valence-electron chi connectivity index (χ3n) is 17.2. The largest absolute Gasteiger partial charge is 0.311 e. The number of hydrogen-bond acceptors (Lipinski definition) is 4. The van der Waals surface area contributed by atoms with Crippen molar-refractivity contribution in [2.45, 2.75) is 64.7 Å². The third kappa shape index (κ3) is 5.98. The van der Waals surface area contributed by atoms with Crippen molar-refractivity contribution in [3.63, 3.8) is 0 Å².